The van der Waals surface area contributed by atoms with Crippen molar-refractivity contribution in [3.05, 3.63) is 59.7 Å². The Bertz CT molecular complexity index is 1020. The SMILES string of the molecule is CC[C@@H](CC(=O)N1CCCC1(C)C(=O)O)NC(=O)OCC1c2ccccc2-c2ccccc21. The second kappa shape index (κ2) is 9.25. The van der Waals surface area contributed by atoms with Gasteiger partial charge in [0.25, 0.3) is 0 Å². The second-order valence-corrected chi connectivity index (χ2v) is 9.01. The van der Waals surface area contributed by atoms with E-state index in [9.17, 15) is 19.5 Å². The van der Waals surface area contributed by atoms with Crippen LogP contribution < -0.4 is 5.32 Å². The molecule has 0 aromatic heterocycles. The molecule has 2 N–H and O–H groups in total. The highest BCUT2D eigenvalue weighted by Crippen LogP contribution is 2.44. The van der Waals surface area contributed by atoms with Gasteiger partial charge in [0.15, 0.2) is 0 Å². The lowest BCUT2D eigenvalue weighted by Gasteiger charge is -2.32. The van der Waals surface area contributed by atoms with Gasteiger partial charge in [0.2, 0.25) is 5.91 Å². The lowest BCUT2D eigenvalue weighted by Crippen LogP contribution is -2.52. The Labute approximate surface area is 193 Å². The van der Waals surface area contributed by atoms with Crippen LogP contribution in [0.2, 0.25) is 0 Å². The van der Waals surface area contributed by atoms with Gasteiger partial charge >= 0.3 is 12.1 Å². The predicted octanol–water partition coefficient (Wildman–Crippen LogP) is 4.16. The number of ether oxygens (including phenoxy) is 1. The normalized spacial score (nSPS) is 20.1. The standard InChI is InChI=1S/C26H30N2O5/c1-3-17(15-23(29)28-14-8-13-26(28,2)24(30)31)27-25(32)33-16-22-20-11-6-4-9-18(20)19-10-5-7-12-21(19)22/h4-7,9-12,17,22H,3,8,13-16H2,1-2H3,(H,27,32)(H,30,31)/t17-,26?/m0/s1. The molecule has 1 heterocycles. The maximum atomic E-state index is 12.8. The fourth-order valence-corrected chi connectivity index (χ4v) is 5.01. The van der Waals surface area contributed by atoms with Gasteiger partial charge in [-0.25, -0.2) is 9.59 Å². The van der Waals surface area contributed by atoms with Crippen LogP contribution in [0.4, 0.5) is 4.79 Å². The number of amides is 2. The van der Waals surface area contributed by atoms with E-state index in [0.29, 0.717) is 25.8 Å². The van der Waals surface area contributed by atoms with Crippen molar-refractivity contribution < 1.29 is 24.2 Å². The van der Waals surface area contributed by atoms with Crippen LogP contribution in [-0.4, -0.2) is 52.7 Å². The molecular weight excluding hydrogens is 420 g/mol. The largest absolute Gasteiger partial charge is 0.480 e. The first-order valence-electron chi connectivity index (χ1n) is 11.5. The summed E-state index contributed by atoms with van der Waals surface area (Å²) in [5.41, 5.74) is 3.41. The molecule has 0 radical (unpaired) electrons. The molecule has 0 spiro atoms. The summed E-state index contributed by atoms with van der Waals surface area (Å²) in [5.74, 6) is -1.29. The molecule has 1 aliphatic heterocycles. The molecule has 7 nitrogen and oxygen atoms in total. The summed E-state index contributed by atoms with van der Waals surface area (Å²) in [6.45, 7) is 4.08. The Kier molecular flexibility index (Phi) is 6.40. The van der Waals surface area contributed by atoms with E-state index in [2.05, 4.69) is 29.6 Å². The number of likely N-dealkylation sites (tertiary alicyclic amines) is 1. The van der Waals surface area contributed by atoms with Crippen molar-refractivity contribution in [2.45, 2.75) is 57.0 Å². The molecule has 4 rings (SSSR count). The predicted molar refractivity (Wildman–Crippen MR) is 124 cm³/mol. The van der Waals surface area contributed by atoms with E-state index in [0.717, 1.165) is 22.3 Å². The number of carbonyl (C=O) groups excluding carboxylic acids is 2. The minimum atomic E-state index is -1.18. The van der Waals surface area contributed by atoms with E-state index in [-0.39, 0.29) is 24.9 Å². The van der Waals surface area contributed by atoms with Crippen LogP contribution in [0.25, 0.3) is 11.1 Å². The number of benzene rings is 2. The van der Waals surface area contributed by atoms with Gasteiger partial charge in [0, 0.05) is 24.9 Å². The van der Waals surface area contributed by atoms with Gasteiger partial charge in [-0.2, -0.15) is 0 Å². The average molecular weight is 451 g/mol. The van der Waals surface area contributed by atoms with Crippen molar-refractivity contribution in [2.75, 3.05) is 13.2 Å². The van der Waals surface area contributed by atoms with E-state index in [4.69, 9.17) is 4.74 Å². The zero-order valence-electron chi connectivity index (χ0n) is 19.0. The van der Waals surface area contributed by atoms with Gasteiger partial charge in [0.1, 0.15) is 12.1 Å². The molecule has 174 valence electrons. The van der Waals surface area contributed by atoms with E-state index < -0.39 is 23.6 Å². The lowest BCUT2D eigenvalue weighted by atomic mass is 9.98. The third kappa shape index (κ3) is 4.32. The number of hydrogen-bond acceptors (Lipinski definition) is 4. The van der Waals surface area contributed by atoms with Crippen molar-refractivity contribution in [1.82, 2.24) is 10.2 Å². The van der Waals surface area contributed by atoms with E-state index >= 15 is 0 Å². The molecule has 0 bridgehead atoms. The summed E-state index contributed by atoms with van der Waals surface area (Å²) in [6, 6.07) is 15.8. The van der Waals surface area contributed by atoms with Crippen molar-refractivity contribution in [1.29, 1.82) is 0 Å². The van der Waals surface area contributed by atoms with Gasteiger partial charge in [-0.05, 0) is 48.4 Å². The van der Waals surface area contributed by atoms with Gasteiger partial charge in [0.05, 0.1) is 0 Å². The van der Waals surface area contributed by atoms with Crippen LogP contribution in [0.1, 0.15) is 56.6 Å². The van der Waals surface area contributed by atoms with E-state index in [1.807, 2.05) is 31.2 Å². The van der Waals surface area contributed by atoms with Crippen LogP contribution in [-0.2, 0) is 14.3 Å². The van der Waals surface area contributed by atoms with Crippen molar-refractivity contribution in [2.24, 2.45) is 0 Å². The summed E-state index contributed by atoms with van der Waals surface area (Å²) in [4.78, 5) is 38.5. The molecule has 2 aromatic carbocycles. The number of carboxylic acids is 1. The Morgan fingerprint density at radius 1 is 1.12 bits per heavy atom. The van der Waals surface area contributed by atoms with Crippen LogP contribution in [0.3, 0.4) is 0 Å². The zero-order valence-corrected chi connectivity index (χ0v) is 19.0. The fraction of sp³-hybridized carbons (Fsp3) is 0.423. The summed E-state index contributed by atoms with van der Waals surface area (Å²) in [5, 5.41) is 12.4. The molecule has 33 heavy (non-hydrogen) atoms. The maximum absolute atomic E-state index is 12.8. The number of aliphatic carboxylic acids is 1. The molecule has 1 fully saturated rings. The topological polar surface area (TPSA) is 95.9 Å². The molecule has 1 saturated heterocycles. The molecule has 2 atom stereocenters. The Balaban J connectivity index is 1.37. The number of rotatable bonds is 7. The average Bonchev–Trinajstić information content (AvgIpc) is 3.36. The molecule has 7 heteroatoms. The van der Waals surface area contributed by atoms with Crippen molar-refractivity contribution in [3.8, 4) is 11.1 Å². The van der Waals surface area contributed by atoms with Gasteiger partial charge in [-0.15, -0.1) is 0 Å². The Morgan fingerprint density at radius 3 is 2.30 bits per heavy atom. The highest BCUT2D eigenvalue weighted by atomic mass is 16.5. The number of hydrogen-bond donors (Lipinski definition) is 2. The van der Waals surface area contributed by atoms with Gasteiger partial charge < -0.3 is 20.1 Å². The minimum absolute atomic E-state index is 0.0364. The highest BCUT2D eigenvalue weighted by molar-refractivity contribution is 5.88. The number of carboxylic acid groups (broad SMARTS) is 1. The summed E-state index contributed by atoms with van der Waals surface area (Å²) in [6.07, 6.45) is 1.10. The Morgan fingerprint density at radius 2 is 1.73 bits per heavy atom. The number of fused-ring (bicyclic) bond motifs is 3. The maximum Gasteiger partial charge on any atom is 0.407 e. The lowest BCUT2D eigenvalue weighted by molar-refractivity contribution is -0.155. The second-order valence-electron chi connectivity index (χ2n) is 9.01. The van der Waals surface area contributed by atoms with Gasteiger partial charge in [-0.1, -0.05) is 55.5 Å². The van der Waals surface area contributed by atoms with Crippen LogP contribution >= 0.6 is 0 Å². The summed E-state index contributed by atoms with van der Waals surface area (Å²) < 4.78 is 5.59. The first-order valence-corrected chi connectivity index (χ1v) is 11.5. The third-order valence-corrected chi connectivity index (χ3v) is 6.98. The third-order valence-electron chi connectivity index (χ3n) is 6.98. The quantitative estimate of drug-likeness (QED) is 0.660. The highest BCUT2D eigenvalue weighted by Gasteiger charge is 2.46. The molecule has 2 aliphatic rings. The first-order chi connectivity index (χ1) is 15.8. The van der Waals surface area contributed by atoms with E-state index in [1.54, 1.807) is 6.92 Å². The number of carbonyl (C=O) groups is 3. The van der Waals surface area contributed by atoms with E-state index in [1.165, 1.54) is 4.90 Å². The fourth-order valence-electron chi connectivity index (χ4n) is 5.01. The number of nitrogens with zero attached hydrogens (tertiary/aromatic N) is 1. The molecule has 1 aliphatic carbocycles. The smallest absolute Gasteiger partial charge is 0.407 e. The van der Waals surface area contributed by atoms with Crippen molar-refractivity contribution >= 4 is 18.0 Å². The zero-order chi connectivity index (χ0) is 23.6. The molecule has 2 aromatic rings. The molecule has 1 unspecified atom stereocenters. The Hall–Kier alpha value is -3.35. The number of nitrogens with one attached hydrogen (secondary N) is 1. The van der Waals surface area contributed by atoms with Crippen LogP contribution in [0.15, 0.2) is 48.5 Å². The van der Waals surface area contributed by atoms with Crippen molar-refractivity contribution in [3.63, 3.8) is 0 Å². The number of alkyl carbamates (subject to hydrolysis) is 1. The molecule has 0 saturated carbocycles. The van der Waals surface area contributed by atoms with Crippen LogP contribution in [0.5, 0.6) is 0 Å². The minimum Gasteiger partial charge on any atom is -0.480 e. The monoisotopic (exact) mass is 450 g/mol. The van der Waals surface area contributed by atoms with Gasteiger partial charge in [-0.3, -0.25) is 4.79 Å². The molecule has 2 amide bonds. The summed E-state index contributed by atoms with van der Waals surface area (Å²) >= 11 is 0. The molecular formula is C26H30N2O5. The first kappa shape index (κ1) is 22.8. The summed E-state index contributed by atoms with van der Waals surface area (Å²) in [7, 11) is 0. The van der Waals surface area contributed by atoms with Crippen LogP contribution in [0, 0.1) is 0 Å².